The minimum absolute atomic E-state index is 0.0527. The Morgan fingerprint density at radius 2 is 1.77 bits per heavy atom. The summed E-state index contributed by atoms with van der Waals surface area (Å²) in [7, 11) is 0.186. The highest BCUT2D eigenvalue weighted by Crippen LogP contribution is 2.31. The minimum atomic E-state index is -1.42. The minimum Gasteiger partial charge on any atom is -0.497 e. The summed E-state index contributed by atoms with van der Waals surface area (Å²) in [4.78, 5) is 27.6. The molecular formula is C24H22N2O4S. The summed E-state index contributed by atoms with van der Waals surface area (Å²) in [5.41, 5.74) is 2.84. The molecular weight excluding hydrogens is 412 g/mol. The van der Waals surface area contributed by atoms with Crippen LogP contribution in [0.3, 0.4) is 0 Å². The molecule has 31 heavy (non-hydrogen) atoms. The van der Waals surface area contributed by atoms with Crippen LogP contribution in [0.25, 0.3) is 0 Å². The first-order valence-corrected chi connectivity index (χ1v) is 11.1. The van der Waals surface area contributed by atoms with Crippen LogP contribution in [0.2, 0.25) is 0 Å². The lowest BCUT2D eigenvalue weighted by Gasteiger charge is -2.29. The first-order chi connectivity index (χ1) is 15.0. The summed E-state index contributed by atoms with van der Waals surface area (Å²) in [5, 5.41) is 2.89. The average molecular weight is 435 g/mol. The van der Waals surface area contributed by atoms with E-state index in [4.69, 9.17) is 4.74 Å². The number of rotatable bonds is 6. The monoisotopic (exact) mass is 434 g/mol. The predicted molar refractivity (Wildman–Crippen MR) is 120 cm³/mol. The third kappa shape index (κ3) is 4.67. The maximum Gasteiger partial charge on any atom is 0.251 e. The van der Waals surface area contributed by atoms with E-state index in [1.54, 1.807) is 30.2 Å². The van der Waals surface area contributed by atoms with Crippen molar-refractivity contribution in [1.29, 1.82) is 0 Å². The van der Waals surface area contributed by atoms with E-state index in [2.05, 4.69) is 5.32 Å². The molecule has 0 bridgehead atoms. The van der Waals surface area contributed by atoms with Crippen LogP contribution in [0, 0.1) is 0 Å². The van der Waals surface area contributed by atoms with Crippen molar-refractivity contribution in [3.8, 4) is 5.75 Å². The third-order valence-corrected chi connectivity index (χ3v) is 6.45. The molecule has 158 valence electrons. The summed E-state index contributed by atoms with van der Waals surface area (Å²) >= 11 is 0. The van der Waals surface area contributed by atoms with Crippen LogP contribution in [0.4, 0.5) is 5.69 Å². The molecule has 4 rings (SSSR count). The van der Waals surface area contributed by atoms with Crippen LogP contribution >= 0.6 is 0 Å². The summed E-state index contributed by atoms with van der Waals surface area (Å²) in [5.74, 6) is 0.219. The van der Waals surface area contributed by atoms with Crippen LogP contribution in [0.15, 0.2) is 77.7 Å². The number of benzene rings is 3. The van der Waals surface area contributed by atoms with Gasteiger partial charge < -0.3 is 15.0 Å². The summed E-state index contributed by atoms with van der Waals surface area (Å²) in [6.07, 6.45) is 0. The molecule has 0 fully saturated rings. The lowest BCUT2D eigenvalue weighted by molar-refractivity contribution is -0.116. The Morgan fingerprint density at radius 3 is 2.48 bits per heavy atom. The van der Waals surface area contributed by atoms with Crippen LogP contribution in [0.1, 0.15) is 21.5 Å². The number of nitrogens with one attached hydrogen (secondary N) is 1. The van der Waals surface area contributed by atoms with Crippen molar-refractivity contribution in [1.82, 2.24) is 5.32 Å². The van der Waals surface area contributed by atoms with Gasteiger partial charge in [-0.25, -0.2) is 0 Å². The molecule has 6 nitrogen and oxygen atoms in total. The first kappa shape index (κ1) is 20.8. The van der Waals surface area contributed by atoms with Crippen LogP contribution in [-0.2, 0) is 28.7 Å². The number of amides is 2. The number of fused-ring (bicyclic) bond motifs is 1. The number of anilines is 1. The topological polar surface area (TPSA) is 75.7 Å². The highest BCUT2D eigenvalue weighted by Gasteiger charge is 2.30. The van der Waals surface area contributed by atoms with Gasteiger partial charge in [-0.15, -0.1) is 0 Å². The van der Waals surface area contributed by atoms with Crippen molar-refractivity contribution in [3.63, 3.8) is 0 Å². The number of methoxy groups -OCH3 is 1. The van der Waals surface area contributed by atoms with E-state index in [1.807, 2.05) is 54.6 Å². The Kier molecular flexibility index (Phi) is 6.13. The van der Waals surface area contributed by atoms with Gasteiger partial charge >= 0.3 is 0 Å². The molecule has 1 aliphatic heterocycles. The number of carbonyl (C=O) groups is 2. The zero-order chi connectivity index (χ0) is 21.8. The fraction of sp³-hybridized carbons (Fsp3) is 0.167. The number of hydrogen-bond acceptors (Lipinski definition) is 4. The van der Waals surface area contributed by atoms with Crippen molar-refractivity contribution >= 4 is 28.3 Å². The maximum absolute atomic E-state index is 12.7. The Balaban J connectivity index is 1.55. The van der Waals surface area contributed by atoms with E-state index in [1.165, 1.54) is 0 Å². The van der Waals surface area contributed by atoms with E-state index < -0.39 is 10.8 Å². The molecule has 1 aliphatic rings. The van der Waals surface area contributed by atoms with E-state index in [0.29, 0.717) is 29.2 Å². The highest BCUT2D eigenvalue weighted by molar-refractivity contribution is 7.86. The number of nitrogens with zero attached hydrogens (tertiary/aromatic N) is 1. The molecule has 0 aromatic heterocycles. The SMILES string of the molecule is COc1ccc(CNC(=O)c2ccc3c(c2)N(Cc2ccccc2)C(=O)C[S@@]3=O)cc1. The smallest absolute Gasteiger partial charge is 0.251 e. The molecule has 2 amide bonds. The Morgan fingerprint density at radius 1 is 1.03 bits per heavy atom. The van der Waals surface area contributed by atoms with Crippen molar-refractivity contribution in [3.05, 3.63) is 89.5 Å². The standard InChI is InChI=1S/C24H22N2O4S/c1-30-20-10-7-17(8-11-20)14-25-24(28)19-9-12-22-21(13-19)26(23(27)16-31(22)29)15-18-5-3-2-4-6-18/h2-13H,14-16H2,1H3,(H,25,28)/t31-/m0/s1. The Labute approximate surface area is 183 Å². The second-order valence-electron chi connectivity index (χ2n) is 7.17. The fourth-order valence-electron chi connectivity index (χ4n) is 3.43. The molecule has 0 saturated heterocycles. The zero-order valence-corrected chi connectivity index (χ0v) is 17.9. The summed E-state index contributed by atoms with van der Waals surface area (Å²) in [6.45, 7) is 0.722. The van der Waals surface area contributed by atoms with Crippen LogP contribution in [-0.4, -0.2) is 28.9 Å². The second kappa shape index (κ2) is 9.14. The lowest BCUT2D eigenvalue weighted by Crippen LogP contribution is -2.38. The molecule has 1 atom stereocenters. The van der Waals surface area contributed by atoms with Crippen molar-refractivity contribution in [2.24, 2.45) is 0 Å². The quantitative estimate of drug-likeness (QED) is 0.646. The largest absolute Gasteiger partial charge is 0.497 e. The molecule has 0 spiro atoms. The van der Waals surface area contributed by atoms with E-state index in [9.17, 15) is 13.8 Å². The number of carbonyl (C=O) groups excluding carboxylic acids is 2. The van der Waals surface area contributed by atoms with Crippen molar-refractivity contribution < 1.29 is 18.5 Å². The van der Waals surface area contributed by atoms with Gasteiger partial charge in [-0.1, -0.05) is 42.5 Å². The molecule has 0 aliphatic carbocycles. The normalized spacial score (nSPS) is 15.3. The van der Waals surface area contributed by atoms with Crippen LogP contribution in [0.5, 0.6) is 5.75 Å². The maximum atomic E-state index is 12.7. The van der Waals surface area contributed by atoms with Crippen LogP contribution < -0.4 is 15.0 Å². The molecule has 0 saturated carbocycles. The fourth-order valence-corrected chi connectivity index (χ4v) is 4.59. The third-order valence-electron chi connectivity index (χ3n) is 5.11. The molecule has 0 unspecified atom stereocenters. The van der Waals surface area contributed by atoms with Gasteiger partial charge in [-0.05, 0) is 41.5 Å². The average Bonchev–Trinajstić information content (AvgIpc) is 2.81. The van der Waals surface area contributed by atoms with E-state index in [0.717, 1.165) is 16.9 Å². The summed E-state index contributed by atoms with van der Waals surface area (Å²) in [6, 6.07) is 22.0. The number of ether oxygens (including phenoxy) is 1. The van der Waals surface area contributed by atoms with Crippen molar-refractivity contribution in [2.45, 2.75) is 18.0 Å². The van der Waals surface area contributed by atoms with Gasteiger partial charge in [0.1, 0.15) is 11.5 Å². The molecule has 3 aromatic rings. The molecule has 1 heterocycles. The lowest BCUT2D eigenvalue weighted by atomic mass is 10.1. The molecule has 3 aromatic carbocycles. The number of hydrogen-bond donors (Lipinski definition) is 1. The molecule has 7 heteroatoms. The Bertz CT molecular complexity index is 1130. The summed E-state index contributed by atoms with van der Waals surface area (Å²) < 4.78 is 17.6. The molecule has 0 radical (unpaired) electrons. The van der Waals surface area contributed by atoms with Gasteiger partial charge in [0.25, 0.3) is 5.91 Å². The van der Waals surface area contributed by atoms with Gasteiger partial charge in [0, 0.05) is 12.1 Å². The zero-order valence-electron chi connectivity index (χ0n) is 17.0. The first-order valence-electron chi connectivity index (χ1n) is 9.83. The van der Waals surface area contributed by atoms with Gasteiger partial charge in [-0.3, -0.25) is 13.8 Å². The van der Waals surface area contributed by atoms with Gasteiger partial charge in [-0.2, -0.15) is 0 Å². The van der Waals surface area contributed by atoms with Gasteiger partial charge in [0.15, 0.2) is 0 Å². The second-order valence-corrected chi connectivity index (χ2v) is 8.59. The van der Waals surface area contributed by atoms with Gasteiger partial charge in [0.05, 0.1) is 35.0 Å². The highest BCUT2D eigenvalue weighted by atomic mass is 32.2. The van der Waals surface area contributed by atoms with E-state index >= 15 is 0 Å². The van der Waals surface area contributed by atoms with E-state index in [-0.39, 0.29) is 17.6 Å². The van der Waals surface area contributed by atoms with Gasteiger partial charge in [0.2, 0.25) is 5.91 Å². The predicted octanol–water partition coefficient (Wildman–Crippen LogP) is 3.28. The Hall–Kier alpha value is -3.45. The molecule has 1 N–H and O–H groups in total. The van der Waals surface area contributed by atoms with Crippen molar-refractivity contribution in [2.75, 3.05) is 17.8 Å².